The zero-order valence-corrected chi connectivity index (χ0v) is 15.0. The average molecular weight is 343 g/mol. The van der Waals surface area contributed by atoms with Gasteiger partial charge in [0, 0.05) is 11.1 Å². The maximum atomic E-state index is 12.2. The van der Waals surface area contributed by atoms with E-state index in [0.29, 0.717) is 16.5 Å². The first-order chi connectivity index (χ1) is 10.5. The number of ether oxygens (including phenoxy) is 2. The van der Waals surface area contributed by atoms with Crippen molar-refractivity contribution in [2.24, 2.45) is 0 Å². The average Bonchev–Trinajstić information content (AvgIpc) is 2.40. The Morgan fingerprint density at radius 2 is 1.87 bits per heavy atom. The number of halogens is 1. The Hall–Kier alpha value is -1.95. The lowest BCUT2D eigenvalue weighted by Crippen LogP contribution is -2.44. The molecule has 1 aromatic carbocycles. The van der Waals surface area contributed by atoms with Gasteiger partial charge in [-0.1, -0.05) is 11.6 Å². The van der Waals surface area contributed by atoms with Gasteiger partial charge in [0.2, 0.25) is 5.91 Å². The minimum atomic E-state index is -0.773. The van der Waals surface area contributed by atoms with Crippen LogP contribution in [-0.2, 0) is 9.53 Å². The number of aryl methyl sites for hydroxylation is 1. The van der Waals surface area contributed by atoms with E-state index in [2.05, 4.69) is 10.6 Å². The van der Waals surface area contributed by atoms with Crippen molar-refractivity contribution >= 4 is 29.3 Å². The molecule has 0 aliphatic rings. The molecule has 1 atom stereocenters. The Kier molecular flexibility index (Phi) is 6.27. The third kappa shape index (κ3) is 5.98. The third-order valence-electron chi connectivity index (χ3n) is 2.87. The van der Waals surface area contributed by atoms with Gasteiger partial charge in [-0.05, 0) is 46.2 Å². The van der Waals surface area contributed by atoms with Crippen LogP contribution in [0.15, 0.2) is 12.1 Å². The summed E-state index contributed by atoms with van der Waals surface area (Å²) < 4.78 is 10.3. The maximum Gasteiger partial charge on any atom is 0.408 e. The lowest BCUT2D eigenvalue weighted by molar-refractivity contribution is -0.117. The highest BCUT2D eigenvalue weighted by molar-refractivity contribution is 6.31. The van der Waals surface area contributed by atoms with Crippen molar-refractivity contribution < 1.29 is 19.1 Å². The Bertz CT molecular complexity index is 596. The predicted molar refractivity (Wildman–Crippen MR) is 90.2 cm³/mol. The normalized spacial score (nSPS) is 12.3. The summed E-state index contributed by atoms with van der Waals surface area (Å²) in [5, 5.41) is 5.73. The van der Waals surface area contributed by atoms with Crippen LogP contribution >= 0.6 is 11.6 Å². The quantitative estimate of drug-likeness (QED) is 0.877. The molecule has 0 fully saturated rings. The van der Waals surface area contributed by atoms with Gasteiger partial charge in [-0.15, -0.1) is 0 Å². The van der Waals surface area contributed by atoms with Crippen LogP contribution in [0.25, 0.3) is 0 Å². The Morgan fingerprint density at radius 3 is 2.39 bits per heavy atom. The van der Waals surface area contributed by atoms with Crippen molar-refractivity contribution in [3.05, 3.63) is 22.7 Å². The van der Waals surface area contributed by atoms with Crippen molar-refractivity contribution in [1.29, 1.82) is 0 Å². The van der Waals surface area contributed by atoms with E-state index in [1.54, 1.807) is 39.8 Å². The summed E-state index contributed by atoms with van der Waals surface area (Å²) in [5.74, 6) is 0.0503. The van der Waals surface area contributed by atoms with Crippen LogP contribution in [0.4, 0.5) is 10.5 Å². The number of amides is 2. The molecule has 0 heterocycles. The van der Waals surface area contributed by atoms with Crippen LogP contribution in [0, 0.1) is 6.92 Å². The van der Waals surface area contributed by atoms with Crippen LogP contribution in [0.2, 0.25) is 5.02 Å². The summed E-state index contributed by atoms with van der Waals surface area (Å²) in [6.45, 7) is 8.63. The Balaban J connectivity index is 2.76. The van der Waals surface area contributed by atoms with Gasteiger partial charge in [0.15, 0.2) is 0 Å². The number of hydrogen-bond donors (Lipinski definition) is 2. The van der Waals surface area contributed by atoms with Gasteiger partial charge < -0.3 is 20.1 Å². The van der Waals surface area contributed by atoms with Crippen LogP contribution in [0.3, 0.4) is 0 Å². The minimum Gasteiger partial charge on any atom is -0.495 e. The van der Waals surface area contributed by atoms with E-state index in [1.807, 2.05) is 6.92 Å². The summed E-state index contributed by atoms with van der Waals surface area (Å²) in [6, 6.07) is 2.56. The molecule has 0 spiro atoms. The highest BCUT2D eigenvalue weighted by Gasteiger charge is 2.22. The highest BCUT2D eigenvalue weighted by Crippen LogP contribution is 2.30. The molecule has 0 aliphatic heterocycles. The molecule has 23 heavy (non-hydrogen) atoms. The zero-order chi connectivity index (χ0) is 17.8. The number of alkyl carbamates (subject to hydrolysis) is 1. The molecule has 0 unspecified atom stereocenters. The van der Waals surface area contributed by atoms with Crippen molar-refractivity contribution in [3.8, 4) is 5.75 Å². The van der Waals surface area contributed by atoms with Crippen LogP contribution in [0.5, 0.6) is 5.75 Å². The Morgan fingerprint density at radius 1 is 1.26 bits per heavy atom. The van der Waals surface area contributed by atoms with Crippen LogP contribution in [-0.4, -0.2) is 30.8 Å². The molecule has 1 rings (SSSR count). The molecule has 2 amide bonds. The fourth-order valence-electron chi connectivity index (χ4n) is 1.72. The van der Waals surface area contributed by atoms with Gasteiger partial charge >= 0.3 is 6.09 Å². The van der Waals surface area contributed by atoms with Crippen LogP contribution in [0.1, 0.15) is 33.3 Å². The van der Waals surface area contributed by atoms with Gasteiger partial charge in [0.05, 0.1) is 12.8 Å². The summed E-state index contributed by atoms with van der Waals surface area (Å²) >= 11 is 6.03. The molecule has 6 nitrogen and oxygen atoms in total. The van der Waals surface area contributed by atoms with Crippen molar-refractivity contribution in [2.75, 3.05) is 12.4 Å². The first kappa shape index (κ1) is 19.1. The second kappa shape index (κ2) is 7.55. The molecule has 0 saturated heterocycles. The maximum absolute atomic E-state index is 12.2. The molecule has 0 bridgehead atoms. The van der Waals surface area contributed by atoms with E-state index < -0.39 is 23.6 Å². The summed E-state index contributed by atoms with van der Waals surface area (Å²) in [7, 11) is 1.49. The molecule has 0 aliphatic carbocycles. The number of carbonyl (C=O) groups is 2. The van der Waals surface area contributed by atoms with E-state index >= 15 is 0 Å². The van der Waals surface area contributed by atoms with E-state index in [0.717, 1.165) is 5.56 Å². The van der Waals surface area contributed by atoms with Gasteiger partial charge in [0.25, 0.3) is 0 Å². The standard InChI is InChI=1S/C16H23ClN2O4/c1-9-7-12(13(22-6)8-11(9)17)19-14(20)10(2)18-15(21)23-16(3,4)5/h7-8,10H,1-6H3,(H,18,21)(H,19,20)/t10-/m1/s1. The molecule has 0 aromatic heterocycles. The van der Waals surface area contributed by atoms with E-state index in [1.165, 1.54) is 7.11 Å². The van der Waals surface area contributed by atoms with Crippen molar-refractivity contribution in [1.82, 2.24) is 5.32 Å². The van der Waals surface area contributed by atoms with E-state index in [-0.39, 0.29) is 0 Å². The third-order valence-corrected chi connectivity index (χ3v) is 3.27. The molecule has 1 aromatic rings. The first-order valence-corrected chi connectivity index (χ1v) is 7.56. The summed E-state index contributed by atoms with van der Waals surface area (Å²) in [5.41, 5.74) is 0.657. The topological polar surface area (TPSA) is 76.7 Å². The minimum absolute atomic E-state index is 0.393. The fraction of sp³-hybridized carbons (Fsp3) is 0.500. The Labute approximate surface area is 141 Å². The molecule has 0 radical (unpaired) electrons. The fourth-order valence-corrected chi connectivity index (χ4v) is 1.87. The molecular formula is C16H23ClN2O4. The second-order valence-electron chi connectivity index (χ2n) is 6.16. The molecular weight excluding hydrogens is 320 g/mol. The zero-order valence-electron chi connectivity index (χ0n) is 14.2. The van der Waals surface area contributed by atoms with E-state index in [4.69, 9.17) is 21.1 Å². The molecule has 128 valence electrons. The number of methoxy groups -OCH3 is 1. The van der Waals surface area contributed by atoms with Crippen LogP contribution < -0.4 is 15.4 Å². The predicted octanol–water partition coefficient (Wildman–Crippen LogP) is 3.51. The largest absolute Gasteiger partial charge is 0.495 e. The van der Waals surface area contributed by atoms with Gasteiger partial charge in [-0.2, -0.15) is 0 Å². The summed E-state index contributed by atoms with van der Waals surface area (Å²) in [6.07, 6.45) is -0.653. The molecule has 7 heteroatoms. The number of rotatable bonds is 4. The van der Waals surface area contributed by atoms with E-state index in [9.17, 15) is 9.59 Å². The SMILES string of the molecule is COc1cc(Cl)c(C)cc1NC(=O)[C@@H](C)NC(=O)OC(C)(C)C. The number of carbonyl (C=O) groups excluding carboxylic acids is 2. The van der Waals surface area contributed by atoms with Gasteiger partial charge in [-0.25, -0.2) is 4.79 Å². The van der Waals surface area contributed by atoms with Crippen molar-refractivity contribution in [2.45, 2.75) is 46.3 Å². The van der Waals surface area contributed by atoms with Crippen molar-refractivity contribution in [3.63, 3.8) is 0 Å². The monoisotopic (exact) mass is 342 g/mol. The number of nitrogens with one attached hydrogen (secondary N) is 2. The lowest BCUT2D eigenvalue weighted by atomic mass is 10.2. The van der Waals surface area contributed by atoms with Gasteiger partial charge in [-0.3, -0.25) is 4.79 Å². The molecule has 0 saturated carbocycles. The first-order valence-electron chi connectivity index (χ1n) is 7.18. The summed E-state index contributed by atoms with van der Waals surface area (Å²) in [4.78, 5) is 23.9. The lowest BCUT2D eigenvalue weighted by Gasteiger charge is -2.22. The number of benzene rings is 1. The number of anilines is 1. The smallest absolute Gasteiger partial charge is 0.408 e. The molecule has 2 N–H and O–H groups in total. The van der Waals surface area contributed by atoms with Gasteiger partial charge in [0.1, 0.15) is 17.4 Å². The number of hydrogen-bond acceptors (Lipinski definition) is 4. The second-order valence-corrected chi connectivity index (χ2v) is 6.57. The highest BCUT2D eigenvalue weighted by atomic mass is 35.5.